The van der Waals surface area contributed by atoms with Crippen molar-refractivity contribution in [3.63, 3.8) is 0 Å². The van der Waals surface area contributed by atoms with E-state index in [1.54, 1.807) is 42.9 Å². The standard InChI is InChI=1S/C19H14N4O/c20-11-14-3-5-16(6-4-14)19(24)23-12-15-7-9-22-18(10-15)17-2-1-8-21-13-17/h1-10,13H,12H2,(H,23,24). The normalized spacial score (nSPS) is 9.96. The summed E-state index contributed by atoms with van der Waals surface area (Å²) in [4.78, 5) is 20.6. The van der Waals surface area contributed by atoms with Gasteiger partial charge in [0, 0.05) is 36.3 Å². The lowest BCUT2D eigenvalue weighted by atomic mass is 10.1. The van der Waals surface area contributed by atoms with E-state index >= 15 is 0 Å². The molecule has 5 heteroatoms. The average Bonchev–Trinajstić information content (AvgIpc) is 2.67. The summed E-state index contributed by atoms with van der Waals surface area (Å²) < 4.78 is 0. The van der Waals surface area contributed by atoms with Gasteiger partial charge in [-0.15, -0.1) is 0 Å². The number of nitrogens with one attached hydrogen (secondary N) is 1. The number of hydrogen-bond acceptors (Lipinski definition) is 4. The molecule has 0 bridgehead atoms. The predicted octanol–water partition coefficient (Wildman–Crippen LogP) is 2.95. The Morgan fingerprint density at radius 2 is 1.96 bits per heavy atom. The molecule has 2 aromatic heterocycles. The van der Waals surface area contributed by atoms with Gasteiger partial charge in [-0.25, -0.2) is 0 Å². The Morgan fingerprint density at radius 3 is 2.67 bits per heavy atom. The second kappa shape index (κ2) is 7.16. The molecule has 0 aliphatic carbocycles. The molecule has 0 fully saturated rings. The number of nitriles is 1. The number of nitrogens with zero attached hydrogens (tertiary/aromatic N) is 3. The molecular formula is C19H14N4O. The van der Waals surface area contributed by atoms with Gasteiger partial charge >= 0.3 is 0 Å². The van der Waals surface area contributed by atoms with Gasteiger partial charge in [0.2, 0.25) is 0 Å². The number of amides is 1. The van der Waals surface area contributed by atoms with Crippen molar-refractivity contribution in [3.8, 4) is 17.3 Å². The van der Waals surface area contributed by atoms with Gasteiger partial charge in [-0.3, -0.25) is 14.8 Å². The Kier molecular flexibility index (Phi) is 4.59. The van der Waals surface area contributed by atoms with Crippen LogP contribution in [0.15, 0.2) is 67.1 Å². The SMILES string of the molecule is N#Cc1ccc(C(=O)NCc2ccnc(-c3cccnc3)c2)cc1. The fraction of sp³-hybridized carbons (Fsp3) is 0.0526. The topological polar surface area (TPSA) is 78.7 Å². The van der Waals surface area contributed by atoms with Crippen LogP contribution in [0.1, 0.15) is 21.5 Å². The van der Waals surface area contributed by atoms with Gasteiger partial charge < -0.3 is 5.32 Å². The van der Waals surface area contributed by atoms with Crippen LogP contribution in [0.3, 0.4) is 0 Å². The van der Waals surface area contributed by atoms with Crippen molar-refractivity contribution in [2.24, 2.45) is 0 Å². The Balaban J connectivity index is 1.68. The smallest absolute Gasteiger partial charge is 0.251 e. The quantitative estimate of drug-likeness (QED) is 0.803. The second-order valence-corrected chi connectivity index (χ2v) is 5.16. The Bertz CT molecular complexity index is 883. The number of pyridine rings is 2. The van der Waals surface area contributed by atoms with Crippen molar-refractivity contribution < 1.29 is 4.79 Å². The van der Waals surface area contributed by atoms with E-state index in [0.29, 0.717) is 17.7 Å². The molecule has 0 aliphatic heterocycles. The van der Waals surface area contributed by atoms with Gasteiger partial charge in [0.05, 0.1) is 17.3 Å². The lowest BCUT2D eigenvalue weighted by molar-refractivity contribution is 0.0951. The molecule has 0 aliphatic rings. The van der Waals surface area contributed by atoms with Gasteiger partial charge in [0.15, 0.2) is 0 Å². The highest BCUT2D eigenvalue weighted by atomic mass is 16.1. The van der Waals surface area contributed by atoms with E-state index in [2.05, 4.69) is 15.3 Å². The first-order valence-corrected chi connectivity index (χ1v) is 7.40. The van der Waals surface area contributed by atoms with Crippen molar-refractivity contribution in [1.29, 1.82) is 5.26 Å². The minimum Gasteiger partial charge on any atom is -0.348 e. The van der Waals surface area contributed by atoms with E-state index in [1.165, 1.54) is 0 Å². The molecule has 1 N–H and O–H groups in total. The summed E-state index contributed by atoms with van der Waals surface area (Å²) in [6, 6.07) is 16.1. The Hall–Kier alpha value is -3.52. The van der Waals surface area contributed by atoms with E-state index in [0.717, 1.165) is 16.8 Å². The van der Waals surface area contributed by atoms with E-state index in [1.807, 2.05) is 30.3 Å². The number of hydrogen-bond donors (Lipinski definition) is 1. The highest BCUT2D eigenvalue weighted by molar-refractivity contribution is 5.94. The summed E-state index contributed by atoms with van der Waals surface area (Å²) in [5.74, 6) is -0.181. The molecule has 24 heavy (non-hydrogen) atoms. The number of benzene rings is 1. The van der Waals surface area contributed by atoms with Crippen LogP contribution in [0.4, 0.5) is 0 Å². The zero-order chi connectivity index (χ0) is 16.8. The molecule has 3 rings (SSSR count). The van der Waals surface area contributed by atoms with Crippen molar-refractivity contribution in [2.75, 3.05) is 0 Å². The Morgan fingerprint density at radius 1 is 1.12 bits per heavy atom. The molecule has 2 heterocycles. The summed E-state index contributed by atoms with van der Waals surface area (Å²) in [6.45, 7) is 0.397. The molecule has 3 aromatic rings. The highest BCUT2D eigenvalue weighted by Crippen LogP contribution is 2.16. The van der Waals surface area contributed by atoms with E-state index in [9.17, 15) is 4.79 Å². The summed E-state index contributed by atoms with van der Waals surface area (Å²) in [7, 11) is 0. The summed E-state index contributed by atoms with van der Waals surface area (Å²) in [5.41, 5.74) is 3.74. The average molecular weight is 314 g/mol. The van der Waals surface area contributed by atoms with Crippen molar-refractivity contribution >= 4 is 5.91 Å². The van der Waals surface area contributed by atoms with Crippen LogP contribution in [-0.2, 0) is 6.54 Å². The summed E-state index contributed by atoms with van der Waals surface area (Å²) >= 11 is 0. The van der Waals surface area contributed by atoms with Crippen LogP contribution in [0.25, 0.3) is 11.3 Å². The van der Waals surface area contributed by atoms with Gasteiger partial charge in [-0.05, 0) is 54.1 Å². The lowest BCUT2D eigenvalue weighted by Gasteiger charge is -2.07. The molecule has 1 aromatic carbocycles. The van der Waals surface area contributed by atoms with Crippen LogP contribution in [0.5, 0.6) is 0 Å². The van der Waals surface area contributed by atoms with Crippen LogP contribution in [0.2, 0.25) is 0 Å². The van der Waals surface area contributed by atoms with Gasteiger partial charge in [0.1, 0.15) is 0 Å². The lowest BCUT2D eigenvalue weighted by Crippen LogP contribution is -2.22. The molecule has 0 atom stereocenters. The van der Waals surface area contributed by atoms with Crippen molar-refractivity contribution in [1.82, 2.24) is 15.3 Å². The zero-order valence-corrected chi connectivity index (χ0v) is 12.8. The predicted molar refractivity (Wildman–Crippen MR) is 89.8 cm³/mol. The van der Waals surface area contributed by atoms with E-state index in [4.69, 9.17) is 5.26 Å². The molecule has 5 nitrogen and oxygen atoms in total. The largest absolute Gasteiger partial charge is 0.348 e. The first-order valence-electron chi connectivity index (χ1n) is 7.40. The van der Waals surface area contributed by atoms with E-state index in [-0.39, 0.29) is 5.91 Å². The second-order valence-electron chi connectivity index (χ2n) is 5.16. The molecule has 0 saturated heterocycles. The minimum atomic E-state index is -0.181. The maximum atomic E-state index is 12.2. The van der Waals surface area contributed by atoms with Gasteiger partial charge in [-0.1, -0.05) is 0 Å². The molecule has 0 unspecified atom stereocenters. The van der Waals surface area contributed by atoms with Crippen LogP contribution < -0.4 is 5.32 Å². The third kappa shape index (κ3) is 3.62. The van der Waals surface area contributed by atoms with Crippen LogP contribution in [-0.4, -0.2) is 15.9 Å². The number of rotatable bonds is 4. The third-order valence-electron chi connectivity index (χ3n) is 3.51. The molecular weight excluding hydrogens is 300 g/mol. The number of carbonyl (C=O) groups excluding carboxylic acids is 1. The Labute approximate surface area is 139 Å². The first-order chi connectivity index (χ1) is 11.8. The number of carbonyl (C=O) groups is 1. The molecule has 116 valence electrons. The maximum absolute atomic E-state index is 12.2. The molecule has 0 spiro atoms. The third-order valence-corrected chi connectivity index (χ3v) is 3.51. The number of aromatic nitrogens is 2. The fourth-order valence-corrected chi connectivity index (χ4v) is 2.24. The minimum absolute atomic E-state index is 0.181. The summed E-state index contributed by atoms with van der Waals surface area (Å²) in [5, 5.41) is 11.6. The van der Waals surface area contributed by atoms with Crippen LogP contribution >= 0.6 is 0 Å². The van der Waals surface area contributed by atoms with E-state index < -0.39 is 0 Å². The van der Waals surface area contributed by atoms with Gasteiger partial charge in [-0.2, -0.15) is 5.26 Å². The summed E-state index contributed by atoms with van der Waals surface area (Å²) in [6.07, 6.45) is 5.18. The molecule has 0 saturated carbocycles. The monoisotopic (exact) mass is 314 g/mol. The first kappa shape index (κ1) is 15.4. The van der Waals surface area contributed by atoms with Gasteiger partial charge in [0.25, 0.3) is 5.91 Å². The van der Waals surface area contributed by atoms with Crippen molar-refractivity contribution in [3.05, 3.63) is 83.8 Å². The fourth-order valence-electron chi connectivity index (χ4n) is 2.24. The highest BCUT2D eigenvalue weighted by Gasteiger charge is 2.06. The van der Waals surface area contributed by atoms with Crippen molar-refractivity contribution in [2.45, 2.75) is 6.54 Å². The molecule has 1 amide bonds. The maximum Gasteiger partial charge on any atom is 0.251 e. The zero-order valence-electron chi connectivity index (χ0n) is 12.8. The molecule has 0 radical (unpaired) electrons. The van der Waals surface area contributed by atoms with Crippen LogP contribution in [0, 0.1) is 11.3 Å².